The molecule has 1 aromatic carbocycles. The first-order valence-corrected chi connectivity index (χ1v) is 5.77. The van der Waals surface area contributed by atoms with Crippen LogP contribution in [-0.2, 0) is 11.3 Å². The van der Waals surface area contributed by atoms with Crippen LogP contribution >= 0.6 is 0 Å². The van der Waals surface area contributed by atoms with E-state index in [1.807, 2.05) is 51.1 Å². The van der Waals surface area contributed by atoms with Crippen molar-refractivity contribution in [2.24, 2.45) is 0 Å². The summed E-state index contributed by atoms with van der Waals surface area (Å²) in [6, 6.07) is 10.2. The molecule has 0 unspecified atom stereocenters. The van der Waals surface area contributed by atoms with Crippen molar-refractivity contribution in [2.45, 2.75) is 27.4 Å². The zero-order valence-electron chi connectivity index (χ0n) is 10.9. The molecule has 0 saturated heterocycles. The van der Waals surface area contributed by atoms with Crippen molar-refractivity contribution in [3.8, 4) is 0 Å². The van der Waals surface area contributed by atoms with Crippen LogP contribution in [0.5, 0.6) is 0 Å². The molecule has 0 heterocycles. The van der Waals surface area contributed by atoms with Gasteiger partial charge in [-0.15, -0.1) is 0 Å². The summed E-state index contributed by atoms with van der Waals surface area (Å²) < 4.78 is 5.79. The maximum atomic E-state index is 5.79. The Morgan fingerprint density at radius 1 is 1.12 bits per heavy atom. The molecule has 1 heteroatoms. The highest BCUT2D eigenvalue weighted by atomic mass is 16.5. The fourth-order valence-corrected chi connectivity index (χ4v) is 1.31. The van der Waals surface area contributed by atoms with Gasteiger partial charge in [0, 0.05) is 0 Å². The smallest absolute Gasteiger partial charge is 0.118 e. The Morgan fingerprint density at radius 2 is 1.76 bits per heavy atom. The summed E-state index contributed by atoms with van der Waals surface area (Å²) in [5, 5.41) is 0. The molecule has 0 aliphatic carbocycles. The molecule has 1 aromatic rings. The lowest BCUT2D eigenvalue weighted by molar-refractivity contribution is 0.208. The fourth-order valence-electron chi connectivity index (χ4n) is 1.31. The van der Waals surface area contributed by atoms with Gasteiger partial charge in [0.25, 0.3) is 0 Å². The van der Waals surface area contributed by atoms with E-state index in [1.54, 1.807) is 0 Å². The van der Waals surface area contributed by atoms with Gasteiger partial charge in [-0.1, -0.05) is 48.6 Å². The molecule has 0 saturated carbocycles. The van der Waals surface area contributed by atoms with Gasteiger partial charge in [-0.05, 0) is 38.0 Å². The van der Waals surface area contributed by atoms with E-state index in [2.05, 4.69) is 18.7 Å². The summed E-state index contributed by atoms with van der Waals surface area (Å²) in [4.78, 5) is 0. The van der Waals surface area contributed by atoms with E-state index in [0.717, 1.165) is 11.3 Å². The van der Waals surface area contributed by atoms with Crippen LogP contribution in [0, 0.1) is 0 Å². The molecule has 17 heavy (non-hydrogen) atoms. The third-order valence-electron chi connectivity index (χ3n) is 2.25. The van der Waals surface area contributed by atoms with Gasteiger partial charge in [0.1, 0.15) is 12.4 Å². The average molecular weight is 228 g/mol. The largest absolute Gasteiger partial charge is 0.489 e. The molecule has 0 amide bonds. The zero-order chi connectivity index (χ0) is 12.7. The van der Waals surface area contributed by atoms with Crippen molar-refractivity contribution in [3.63, 3.8) is 0 Å². The maximum absolute atomic E-state index is 5.79. The Labute approximate surface area is 104 Å². The minimum Gasteiger partial charge on any atom is -0.489 e. The highest BCUT2D eigenvalue weighted by Crippen LogP contribution is 2.12. The first-order valence-electron chi connectivity index (χ1n) is 5.77. The number of benzene rings is 1. The Bertz CT molecular complexity index is 420. The van der Waals surface area contributed by atoms with E-state index < -0.39 is 0 Å². The number of hydrogen-bond acceptors (Lipinski definition) is 1. The Morgan fingerprint density at radius 3 is 2.29 bits per heavy atom. The van der Waals surface area contributed by atoms with Crippen LogP contribution in [0.15, 0.2) is 66.0 Å². The van der Waals surface area contributed by atoms with Crippen molar-refractivity contribution in [1.82, 2.24) is 0 Å². The fraction of sp³-hybridized carbons (Fsp3) is 0.250. The lowest BCUT2D eigenvalue weighted by atomic mass is 10.2. The first-order chi connectivity index (χ1) is 8.09. The molecule has 1 rings (SSSR count). The second-order valence-corrected chi connectivity index (χ2v) is 4.32. The average Bonchev–Trinajstić information content (AvgIpc) is 2.29. The standard InChI is InChI=1S/C16H20O/c1-13(2)10-11-16(14(3)4)17-12-15-8-6-5-7-9-15/h5-11H,1,12H2,2-4H3. The first kappa shape index (κ1) is 13.3. The van der Waals surface area contributed by atoms with E-state index in [-0.39, 0.29) is 0 Å². The maximum Gasteiger partial charge on any atom is 0.118 e. The lowest BCUT2D eigenvalue weighted by Crippen LogP contribution is -1.93. The van der Waals surface area contributed by atoms with E-state index in [0.29, 0.717) is 6.61 Å². The molecular weight excluding hydrogens is 208 g/mol. The van der Waals surface area contributed by atoms with Gasteiger partial charge in [-0.25, -0.2) is 0 Å². The zero-order valence-corrected chi connectivity index (χ0v) is 10.9. The monoisotopic (exact) mass is 228 g/mol. The Kier molecular flexibility index (Phi) is 5.28. The highest BCUT2D eigenvalue weighted by molar-refractivity contribution is 5.24. The lowest BCUT2D eigenvalue weighted by Gasteiger charge is -2.09. The summed E-state index contributed by atoms with van der Waals surface area (Å²) >= 11 is 0. The van der Waals surface area contributed by atoms with Gasteiger partial charge in [-0.2, -0.15) is 0 Å². The number of ether oxygens (including phenoxy) is 1. The summed E-state index contributed by atoms with van der Waals surface area (Å²) in [5.74, 6) is 0.914. The summed E-state index contributed by atoms with van der Waals surface area (Å²) in [5.41, 5.74) is 3.36. The van der Waals surface area contributed by atoms with E-state index in [1.165, 1.54) is 11.1 Å². The number of rotatable bonds is 5. The van der Waals surface area contributed by atoms with Gasteiger partial charge < -0.3 is 4.74 Å². The molecule has 0 aliphatic heterocycles. The van der Waals surface area contributed by atoms with Gasteiger partial charge in [0.2, 0.25) is 0 Å². The van der Waals surface area contributed by atoms with Gasteiger partial charge >= 0.3 is 0 Å². The second-order valence-electron chi connectivity index (χ2n) is 4.32. The highest BCUT2D eigenvalue weighted by Gasteiger charge is 1.97. The number of hydrogen-bond donors (Lipinski definition) is 0. The van der Waals surface area contributed by atoms with Crippen LogP contribution in [0.25, 0.3) is 0 Å². The predicted octanol–water partition coefficient (Wildman–Crippen LogP) is 4.63. The van der Waals surface area contributed by atoms with Crippen molar-refractivity contribution >= 4 is 0 Å². The summed E-state index contributed by atoms with van der Waals surface area (Å²) in [7, 11) is 0. The van der Waals surface area contributed by atoms with Crippen LogP contribution in [0.2, 0.25) is 0 Å². The number of allylic oxidation sites excluding steroid dienone is 4. The van der Waals surface area contributed by atoms with Crippen LogP contribution < -0.4 is 0 Å². The van der Waals surface area contributed by atoms with Crippen molar-refractivity contribution in [3.05, 3.63) is 71.5 Å². The Balaban J connectivity index is 2.64. The third kappa shape index (κ3) is 5.21. The topological polar surface area (TPSA) is 9.23 Å². The summed E-state index contributed by atoms with van der Waals surface area (Å²) in [6.07, 6.45) is 3.94. The van der Waals surface area contributed by atoms with Crippen LogP contribution in [-0.4, -0.2) is 0 Å². The molecule has 0 fully saturated rings. The minimum absolute atomic E-state index is 0.599. The second kappa shape index (κ2) is 6.74. The molecule has 1 nitrogen and oxygen atoms in total. The van der Waals surface area contributed by atoms with E-state index in [9.17, 15) is 0 Å². The van der Waals surface area contributed by atoms with Crippen molar-refractivity contribution in [2.75, 3.05) is 0 Å². The van der Waals surface area contributed by atoms with Gasteiger partial charge in [0.05, 0.1) is 0 Å². The van der Waals surface area contributed by atoms with E-state index in [4.69, 9.17) is 4.74 Å². The molecule has 0 N–H and O–H groups in total. The molecular formula is C16H20O. The molecule has 0 aliphatic rings. The van der Waals surface area contributed by atoms with Crippen LogP contribution in [0.4, 0.5) is 0 Å². The normalized spacial score (nSPS) is 10.3. The molecule has 0 atom stereocenters. The predicted molar refractivity (Wildman–Crippen MR) is 73.6 cm³/mol. The molecule has 0 spiro atoms. The Hall–Kier alpha value is -1.76. The van der Waals surface area contributed by atoms with Crippen LogP contribution in [0.1, 0.15) is 26.3 Å². The molecule has 0 radical (unpaired) electrons. The molecule has 0 bridgehead atoms. The molecule has 90 valence electrons. The van der Waals surface area contributed by atoms with Gasteiger partial charge in [-0.3, -0.25) is 0 Å². The van der Waals surface area contributed by atoms with Gasteiger partial charge in [0.15, 0.2) is 0 Å². The van der Waals surface area contributed by atoms with Crippen LogP contribution in [0.3, 0.4) is 0 Å². The van der Waals surface area contributed by atoms with Crippen molar-refractivity contribution < 1.29 is 4.74 Å². The van der Waals surface area contributed by atoms with Crippen molar-refractivity contribution in [1.29, 1.82) is 0 Å². The van der Waals surface area contributed by atoms with E-state index >= 15 is 0 Å². The minimum atomic E-state index is 0.599. The quantitative estimate of drug-likeness (QED) is 0.527. The SMILES string of the molecule is C=C(C)C=CC(OCc1ccccc1)=C(C)C. The summed E-state index contributed by atoms with van der Waals surface area (Å²) in [6.45, 7) is 10.5. The molecule has 0 aromatic heterocycles. The third-order valence-corrected chi connectivity index (χ3v) is 2.25.